The van der Waals surface area contributed by atoms with Crippen molar-refractivity contribution in [1.29, 1.82) is 0 Å². The Hall–Kier alpha value is -1.56. The van der Waals surface area contributed by atoms with Crippen LogP contribution in [-0.2, 0) is 10.8 Å². The summed E-state index contributed by atoms with van der Waals surface area (Å²) in [6.07, 6.45) is 0. The Labute approximate surface area is 134 Å². The number of hydrogen-bond acceptors (Lipinski definition) is 0. The molecule has 22 heavy (non-hydrogen) atoms. The molecule has 0 aromatic heterocycles. The van der Waals surface area contributed by atoms with E-state index in [0.717, 1.165) is 0 Å². The molecule has 0 saturated heterocycles. The van der Waals surface area contributed by atoms with Crippen LogP contribution in [0.15, 0.2) is 48.5 Å². The second-order valence-electron chi connectivity index (χ2n) is 8.59. The maximum atomic E-state index is 2.47. The van der Waals surface area contributed by atoms with Crippen LogP contribution in [0.1, 0.15) is 63.8 Å². The second-order valence-corrected chi connectivity index (χ2v) is 8.59. The number of rotatable bonds is 0. The van der Waals surface area contributed by atoms with E-state index in [9.17, 15) is 0 Å². The first-order valence-electron chi connectivity index (χ1n) is 8.40. The molecule has 0 unspecified atom stereocenters. The van der Waals surface area contributed by atoms with E-state index in [2.05, 4.69) is 90.1 Å². The smallest absolute Gasteiger partial charge is 0.0237 e. The van der Waals surface area contributed by atoms with Gasteiger partial charge in [0.15, 0.2) is 0 Å². The van der Waals surface area contributed by atoms with Gasteiger partial charge in [-0.15, -0.1) is 0 Å². The van der Waals surface area contributed by atoms with E-state index >= 15 is 0 Å². The Morgan fingerprint density at radius 3 is 0.909 bits per heavy atom. The summed E-state index contributed by atoms with van der Waals surface area (Å²) in [5.74, 6) is 0. The van der Waals surface area contributed by atoms with E-state index in [0.29, 0.717) is 0 Å². The van der Waals surface area contributed by atoms with Crippen LogP contribution in [0.2, 0.25) is 0 Å². The fourth-order valence-corrected chi connectivity index (χ4v) is 5.60. The molecule has 0 heteroatoms. The lowest BCUT2D eigenvalue weighted by molar-refractivity contribution is -0.0449. The highest BCUT2D eigenvalue weighted by Crippen LogP contribution is 2.73. The molecule has 2 aromatic rings. The van der Waals surface area contributed by atoms with Crippen molar-refractivity contribution in [2.24, 2.45) is 10.8 Å². The predicted octanol–water partition coefficient (Wildman–Crippen LogP) is 5.68. The van der Waals surface area contributed by atoms with Gasteiger partial charge in [-0.1, -0.05) is 90.1 Å². The summed E-state index contributed by atoms with van der Waals surface area (Å²) in [4.78, 5) is 0. The van der Waals surface area contributed by atoms with Gasteiger partial charge in [0.2, 0.25) is 0 Å². The van der Waals surface area contributed by atoms with Gasteiger partial charge in [0.05, 0.1) is 0 Å². The van der Waals surface area contributed by atoms with Crippen molar-refractivity contribution in [3.05, 3.63) is 70.8 Å². The van der Waals surface area contributed by atoms with Crippen molar-refractivity contribution < 1.29 is 0 Å². The summed E-state index contributed by atoms with van der Waals surface area (Å²) in [6.45, 7) is 14.8. The van der Waals surface area contributed by atoms with Crippen LogP contribution in [0.25, 0.3) is 0 Å². The van der Waals surface area contributed by atoms with Gasteiger partial charge in [0.25, 0.3) is 0 Å². The van der Waals surface area contributed by atoms with Crippen LogP contribution in [0, 0.1) is 10.8 Å². The van der Waals surface area contributed by atoms with Crippen LogP contribution in [0.5, 0.6) is 0 Å². The standard InChI is InChI=1S/C22H26/c1-19(2)20(3,4)22(6)17-13-9-7-11-15(17)21(19,5)16-12-8-10-14-18(16)22/h7-14H,1-6H3. The van der Waals surface area contributed by atoms with Crippen molar-refractivity contribution in [3.8, 4) is 0 Å². The van der Waals surface area contributed by atoms with Crippen molar-refractivity contribution in [3.63, 3.8) is 0 Å². The fourth-order valence-electron chi connectivity index (χ4n) is 5.60. The van der Waals surface area contributed by atoms with Crippen LogP contribution >= 0.6 is 0 Å². The Morgan fingerprint density at radius 2 is 0.682 bits per heavy atom. The van der Waals surface area contributed by atoms with Crippen molar-refractivity contribution in [1.82, 2.24) is 0 Å². The van der Waals surface area contributed by atoms with Gasteiger partial charge in [-0.3, -0.25) is 0 Å². The molecular formula is C22H26. The number of fused-ring (bicyclic) bond motifs is 1. The third-order valence-electron chi connectivity index (χ3n) is 8.07. The molecule has 0 amide bonds. The first kappa shape index (κ1) is 14.1. The molecule has 0 atom stereocenters. The Morgan fingerprint density at radius 1 is 0.455 bits per heavy atom. The highest BCUT2D eigenvalue weighted by Gasteiger charge is 2.69. The SMILES string of the molecule is CC12c3ccccc3C(C)(c3ccccc31)C(C)(C)C2(C)C. The molecule has 0 fully saturated rings. The van der Waals surface area contributed by atoms with Gasteiger partial charge in [-0.2, -0.15) is 0 Å². The van der Waals surface area contributed by atoms with E-state index in [1.165, 1.54) is 22.3 Å². The summed E-state index contributed by atoms with van der Waals surface area (Å²) in [5, 5.41) is 0. The first-order chi connectivity index (χ1) is 10.2. The van der Waals surface area contributed by atoms with E-state index in [1.54, 1.807) is 0 Å². The van der Waals surface area contributed by atoms with Gasteiger partial charge < -0.3 is 0 Å². The lowest BCUT2D eigenvalue weighted by atomic mass is 9.32. The monoisotopic (exact) mass is 290 g/mol. The third-order valence-corrected chi connectivity index (χ3v) is 8.07. The number of benzene rings is 2. The van der Waals surface area contributed by atoms with Crippen molar-refractivity contribution >= 4 is 0 Å². The number of hydrogen-bond donors (Lipinski definition) is 0. The minimum atomic E-state index is 0.0570. The molecule has 0 N–H and O–H groups in total. The maximum Gasteiger partial charge on any atom is 0.0237 e. The molecule has 0 radical (unpaired) electrons. The molecule has 0 spiro atoms. The van der Waals surface area contributed by atoms with Crippen LogP contribution in [0.4, 0.5) is 0 Å². The van der Waals surface area contributed by atoms with E-state index in [4.69, 9.17) is 0 Å². The first-order valence-corrected chi connectivity index (χ1v) is 8.40. The molecule has 5 rings (SSSR count). The molecule has 0 saturated carbocycles. The Balaban J connectivity index is 2.27. The molecule has 0 heterocycles. The molecule has 114 valence electrons. The topological polar surface area (TPSA) is 0 Å². The molecule has 2 bridgehead atoms. The van der Waals surface area contributed by atoms with Crippen LogP contribution < -0.4 is 0 Å². The summed E-state index contributed by atoms with van der Waals surface area (Å²) < 4.78 is 0. The van der Waals surface area contributed by atoms with Gasteiger partial charge >= 0.3 is 0 Å². The quantitative estimate of drug-likeness (QED) is 0.585. The normalized spacial score (nSPS) is 33.2. The minimum Gasteiger partial charge on any atom is -0.0619 e. The summed E-state index contributed by atoms with van der Waals surface area (Å²) in [7, 11) is 0. The molecule has 0 nitrogen and oxygen atoms in total. The molecule has 3 aliphatic rings. The lowest BCUT2D eigenvalue weighted by Gasteiger charge is -2.70. The highest BCUT2D eigenvalue weighted by molar-refractivity contribution is 5.65. The molecule has 2 aromatic carbocycles. The zero-order valence-corrected chi connectivity index (χ0v) is 14.6. The van der Waals surface area contributed by atoms with E-state index in [1.807, 2.05) is 0 Å². The highest BCUT2D eigenvalue weighted by atomic mass is 14.7. The van der Waals surface area contributed by atoms with Gasteiger partial charge in [0.1, 0.15) is 0 Å². The zero-order chi connectivity index (χ0) is 16.0. The van der Waals surface area contributed by atoms with Gasteiger partial charge in [-0.25, -0.2) is 0 Å². The summed E-state index contributed by atoms with van der Waals surface area (Å²) in [5.41, 5.74) is 6.58. The van der Waals surface area contributed by atoms with Crippen molar-refractivity contribution in [2.75, 3.05) is 0 Å². The molecular weight excluding hydrogens is 264 g/mol. The average Bonchev–Trinajstić information content (AvgIpc) is 2.51. The van der Waals surface area contributed by atoms with Gasteiger partial charge in [-0.05, 0) is 33.1 Å². The predicted molar refractivity (Wildman–Crippen MR) is 93.4 cm³/mol. The molecule has 0 aliphatic heterocycles. The van der Waals surface area contributed by atoms with Crippen LogP contribution in [-0.4, -0.2) is 0 Å². The van der Waals surface area contributed by atoms with Crippen molar-refractivity contribution in [2.45, 2.75) is 52.4 Å². The van der Waals surface area contributed by atoms with E-state index in [-0.39, 0.29) is 21.7 Å². The maximum absolute atomic E-state index is 2.47. The third kappa shape index (κ3) is 1.10. The lowest BCUT2D eigenvalue weighted by Crippen LogP contribution is -2.66. The minimum absolute atomic E-state index is 0.0570. The zero-order valence-electron chi connectivity index (χ0n) is 14.6. The Bertz CT molecular complexity index is 663. The average molecular weight is 290 g/mol. The van der Waals surface area contributed by atoms with E-state index < -0.39 is 0 Å². The fraction of sp³-hybridized carbons (Fsp3) is 0.455. The van der Waals surface area contributed by atoms with Crippen LogP contribution in [0.3, 0.4) is 0 Å². The van der Waals surface area contributed by atoms with Gasteiger partial charge in [0, 0.05) is 10.8 Å². The summed E-state index contributed by atoms with van der Waals surface area (Å²) >= 11 is 0. The second kappa shape index (κ2) is 3.67. The largest absolute Gasteiger partial charge is 0.0619 e. The summed E-state index contributed by atoms with van der Waals surface area (Å²) in [6, 6.07) is 18.3. The molecule has 3 aliphatic carbocycles. The Kier molecular flexibility index (Phi) is 2.35.